The van der Waals surface area contributed by atoms with Gasteiger partial charge in [0.15, 0.2) is 6.10 Å². The van der Waals surface area contributed by atoms with E-state index in [1.54, 1.807) is 19.1 Å². The number of amides is 2. The number of hydrogen-bond acceptors (Lipinski definition) is 4. The molecule has 1 unspecified atom stereocenters. The van der Waals surface area contributed by atoms with Crippen molar-refractivity contribution in [2.24, 2.45) is 0 Å². The summed E-state index contributed by atoms with van der Waals surface area (Å²) in [6.45, 7) is 5.83. The Hall–Kier alpha value is -1.79. The summed E-state index contributed by atoms with van der Waals surface area (Å²) in [6, 6.07) is 5.36. The summed E-state index contributed by atoms with van der Waals surface area (Å²) in [5, 5.41) is 3.56. The van der Waals surface area contributed by atoms with Gasteiger partial charge in [-0.3, -0.25) is 9.59 Å². The van der Waals surface area contributed by atoms with Crippen LogP contribution in [0.5, 0.6) is 5.75 Å². The molecule has 2 amide bonds. The van der Waals surface area contributed by atoms with Crippen molar-refractivity contribution in [2.45, 2.75) is 44.8 Å². The van der Waals surface area contributed by atoms with Gasteiger partial charge in [0.2, 0.25) is 5.91 Å². The number of halogens is 1. The number of likely N-dealkylation sites (tertiary alicyclic amines) is 1. The molecule has 0 bridgehead atoms. The number of carbonyl (C=O) groups excluding carboxylic acids is 2. The lowest BCUT2D eigenvalue weighted by atomic mass is 9.90. The standard InChI is InChI=1S/C19H25ClN2O4/c1-13-11-15(20)3-4-16(13)26-14(2)18(24)22-8-6-19(7-9-22)12-21-17(23)5-10-25-19/h3-4,11,14H,5-10,12H2,1-2H3,(H,21,23). The van der Waals surface area contributed by atoms with E-state index in [0.29, 0.717) is 56.3 Å². The second-order valence-corrected chi connectivity index (χ2v) is 7.49. The van der Waals surface area contributed by atoms with Crippen molar-refractivity contribution < 1.29 is 19.1 Å². The van der Waals surface area contributed by atoms with Gasteiger partial charge in [-0.1, -0.05) is 11.6 Å². The molecule has 1 aromatic rings. The molecule has 2 heterocycles. The molecule has 26 heavy (non-hydrogen) atoms. The van der Waals surface area contributed by atoms with Crippen molar-refractivity contribution in [1.82, 2.24) is 10.2 Å². The van der Waals surface area contributed by atoms with Gasteiger partial charge >= 0.3 is 0 Å². The number of rotatable bonds is 3. The molecular formula is C19H25ClN2O4. The third kappa shape index (κ3) is 4.30. The van der Waals surface area contributed by atoms with Crippen molar-refractivity contribution in [2.75, 3.05) is 26.2 Å². The quantitative estimate of drug-likeness (QED) is 0.873. The summed E-state index contributed by atoms with van der Waals surface area (Å²) in [7, 11) is 0. The Morgan fingerprint density at radius 3 is 2.81 bits per heavy atom. The highest BCUT2D eigenvalue weighted by Gasteiger charge is 2.39. The average Bonchev–Trinajstić information content (AvgIpc) is 2.79. The zero-order valence-corrected chi connectivity index (χ0v) is 16.0. The minimum atomic E-state index is -0.571. The van der Waals surface area contributed by atoms with Gasteiger partial charge in [-0.25, -0.2) is 0 Å². The van der Waals surface area contributed by atoms with Crippen molar-refractivity contribution in [3.05, 3.63) is 28.8 Å². The van der Waals surface area contributed by atoms with Crippen LogP contribution < -0.4 is 10.1 Å². The highest BCUT2D eigenvalue weighted by Crippen LogP contribution is 2.28. The van der Waals surface area contributed by atoms with E-state index in [1.165, 1.54) is 0 Å². The maximum Gasteiger partial charge on any atom is 0.263 e. The molecule has 6 nitrogen and oxygen atoms in total. The molecule has 1 N–H and O–H groups in total. The van der Waals surface area contributed by atoms with E-state index >= 15 is 0 Å². The number of aryl methyl sites for hydroxylation is 1. The lowest BCUT2D eigenvalue weighted by Crippen LogP contribution is -2.54. The molecule has 1 atom stereocenters. The predicted octanol–water partition coefficient (Wildman–Crippen LogP) is 2.31. The Morgan fingerprint density at radius 2 is 2.12 bits per heavy atom. The van der Waals surface area contributed by atoms with Gasteiger partial charge in [0.1, 0.15) is 5.75 Å². The summed E-state index contributed by atoms with van der Waals surface area (Å²) >= 11 is 5.96. The Kier molecular flexibility index (Phi) is 5.73. The molecule has 3 rings (SSSR count). The van der Waals surface area contributed by atoms with Gasteiger partial charge in [0, 0.05) is 31.1 Å². The average molecular weight is 381 g/mol. The highest BCUT2D eigenvalue weighted by atomic mass is 35.5. The molecule has 2 saturated heterocycles. The molecule has 2 fully saturated rings. The van der Waals surface area contributed by atoms with E-state index in [0.717, 1.165) is 5.56 Å². The van der Waals surface area contributed by atoms with Crippen LogP contribution in [0.25, 0.3) is 0 Å². The molecule has 142 valence electrons. The number of ether oxygens (including phenoxy) is 2. The molecule has 2 aliphatic heterocycles. The topological polar surface area (TPSA) is 67.9 Å². The SMILES string of the molecule is Cc1cc(Cl)ccc1OC(C)C(=O)N1CCC2(CC1)CNC(=O)CCO2. The van der Waals surface area contributed by atoms with Crippen LogP contribution in [0.4, 0.5) is 0 Å². The van der Waals surface area contributed by atoms with E-state index in [-0.39, 0.29) is 17.4 Å². The maximum absolute atomic E-state index is 12.7. The molecule has 1 spiro atoms. The smallest absolute Gasteiger partial charge is 0.263 e. The molecule has 0 radical (unpaired) electrons. The summed E-state index contributed by atoms with van der Waals surface area (Å²) in [4.78, 5) is 26.1. The molecule has 7 heteroatoms. The van der Waals surface area contributed by atoms with Crippen LogP contribution in [-0.4, -0.2) is 54.7 Å². The van der Waals surface area contributed by atoms with Gasteiger partial charge < -0.3 is 19.7 Å². The van der Waals surface area contributed by atoms with Crippen LogP contribution in [0.15, 0.2) is 18.2 Å². The Bertz CT molecular complexity index is 686. The molecular weight excluding hydrogens is 356 g/mol. The van der Waals surface area contributed by atoms with Gasteiger partial charge in [-0.2, -0.15) is 0 Å². The number of carbonyl (C=O) groups is 2. The summed E-state index contributed by atoms with van der Waals surface area (Å²) in [5.74, 6) is 0.658. The Morgan fingerprint density at radius 1 is 1.38 bits per heavy atom. The summed E-state index contributed by atoms with van der Waals surface area (Å²) in [5.41, 5.74) is 0.553. The molecule has 1 aromatic carbocycles. The van der Waals surface area contributed by atoms with E-state index < -0.39 is 6.10 Å². The Balaban J connectivity index is 1.56. The predicted molar refractivity (Wildman–Crippen MR) is 98.4 cm³/mol. The van der Waals surface area contributed by atoms with Crippen LogP contribution in [-0.2, 0) is 14.3 Å². The van der Waals surface area contributed by atoms with Crippen LogP contribution in [0.1, 0.15) is 31.7 Å². The zero-order chi connectivity index (χ0) is 18.7. The number of hydrogen-bond donors (Lipinski definition) is 1. The first-order chi connectivity index (χ1) is 12.4. The van der Waals surface area contributed by atoms with Crippen LogP contribution >= 0.6 is 11.6 Å². The van der Waals surface area contributed by atoms with Crippen molar-refractivity contribution in [3.63, 3.8) is 0 Å². The van der Waals surface area contributed by atoms with Gasteiger partial charge in [-0.05, 0) is 50.5 Å². The monoisotopic (exact) mass is 380 g/mol. The first-order valence-electron chi connectivity index (χ1n) is 9.01. The van der Waals surface area contributed by atoms with E-state index in [4.69, 9.17) is 21.1 Å². The number of nitrogens with one attached hydrogen (secondary N) is 1. The second-order valence-electron chi connectivity index (χ2n) is 7.05. The fourth-order valence-corrected chi connectivity index (χ4v) is 3.68. The fraction of sp³-hybridized carbons (Fsp3) is 0.579. The lowest BCUT2D eigenvalue weighted by Gasteiger charge is -2.41. The van der Waals surface area contributed by atoms with Crippen molar-refractivity contribution >= 4 is 23.4 Å². The van der Waals surface area contributed by atoms with Crippen molar-refractivity contribution in [1.29, 1.82) is 0 Å². The van der Waals surface area contributed by atoms with Gasteiger partial charge in [0.25, 0.3) is 5.91 Å². The normalized spacial score (nSPS) is 21.0. The summed E-state index contributed by atoms with van der Waals surface area (Å²) in [6.07, 6.45) is 1.26. The zero-order valence-electron chi connectivity index (χ0n) is 15.2. The minimum Gasteiger partial charge on any atom is -0.481 e. The second kappa shape index (κ2) is 7.84. The van der Waals surface area contributed by atoms with Gasteiger partial charge in [0.05, 0.1) is 12.2 Å². The lowest BCUT2D eigenvalue weighted by molar-refractivity contribution is -0.144. The largest absolute Gasteiger partial charge is 0.481 e. The third-order valence-corrected chi connectivity index (χ3v) is 5.36. The molecule has 0 aliphatic carbocycles. The first-order valence-corrected chi connectivity index (χ1v) is 9.39. The maximum atomic E-state index is 12.7. The third-order valence-electron chi connectivity index (χ3n) is 5.12. The van der Waals surface area contributed by atoms with Crippen LogP contribution in [0, 0.1) is 6.92 Å². The fourth-order valence-electron chi connectivity index (χ4n) is 3.46. The summed E-state index contributed by atoms with van der Waals surface area (Å²) < 4.78 is 11.8. The van der Waals surface area contributed by atoms with Crippen LogP contribution in [0.2, 0.25) is 5.02 Å². The van der Waals surface area contributed by atoms with E-state index in [2.05, 4.69) is 5.32 Å². The van der Waals surface area contributed by atoms with E-state index in [9.17, 15) is 9.59 Å². The first kappa shape index (κ1) is 19.0. The molecule has 0 aromatic heterocycles. The van der Waals surface area contributed by atoms with Gasteiger partial charge in [-0.15, -0.1) is 0 Å². The number of piperidine rings is 1. The van der Waals surface area contributed by atoms with Crippen molar-refractivity contribution in [3.8, 4) is 5.75 Å². The van der Waals surface area contributed by atoms with E-state index in [1.807, 2.05) is 17.9 Å². The van der Waals surface area contributed by atoms with Crippen LogP contribution in [0.3, 0.4) is 0 Å². The molecule has 2 aliphatic rings. The minimum absolute atomic E-state index is 0.0285. The highest BCUT2D eigenvalue weighted by molar-refractivity contribution is 6.30. The Labute approximate surface area is 158 Å². The number of benzene rings is 1. The molecule has 0 saturated carbocycles. The number of nitrogens with zero attached hydrogens (tertiary/aromatic N) is 1.